The number of hydrogen-bond acceptors (Lipinski definition) is 7. The van der Waals surface area contributed by atoms with E-state index in [-0.39, 0.29) is 17.5 Å². The zero-order chi connectivity index (χ0) is 25.1. The number of amidine groups is 1. The number of ether oxygens (including phenoxy) is 1. The van der Waals surface area contributed by atoms with E-state index in [0.29, 0.717) is 22.4 Å². The first-order chi connectivity index (χ1) is 16.7. The second-order valence-electron chi connectivity index (χ2n) is 8.26. The number of methoxy groups -OCH3 is 1. The highest BCUT2D eigenvalue weighted by molar-refractivity contribution is 8.15. The Morgan fingerprint density at radius 3 is 2.40 bits per heavy atom. The number of carbonyl (C=O) groups excluding carboxylic acids is 2. The van der Waals surface area contributed by atoms with E-state index in [0.717, 1.165) is 22.4 Å². The highest BCUT2D eigenvalue weighted by Gasteiger charge is 2.34. The second kappa shape index (κ2) is 10.2. The van der Waals surface area contributed by atoms with Crippen molar-refractivity contribution in [2.75, 3.05) is 17.3 Å². The van der Waals surface area contributed by atoms with E-state index in [2.05, 4.69) is 15.5 Å². The number of amides is 2. The maximum Gasteiger partial charge on any atom is 0.283 e. The molecular weight excluding hydrogens is 464 g/mol. The first-order valence-electron chi connectivity index (χ1n) is 11.0. The van der Waals surface area contributed by atoms with Gasteiger partial charge in [0.2, 0.25) is 5.91 Å². The van der Waals surface area contributed by atoms with Crippen molar-refractivity contribution in [2.45, 2.75) is 32.9 Å². The van der Waals surface area contributed by atoms with E-state index < -0.39 is 5.25 Å². The van der Waals surface area contributed by atoms with Crippen LogP contribution in [0.3, 0.4) is 0 Å². The second-order valence-corrected chi connectivity index (χ2v) is 9.56. The van der Waals surface area contributed by atoms with Gasteiger partial charge in [0.1, 0.15) is 17.2 Å². The summed E-state index contributed by atoms with van der Waals surface area (Å²) in [6.07, 6.45) is 1.73. The van der Waals surface area contributed by atoms with Crippen molar-refractivity contribution in [1.29, 1.82) is 0 Å². The Bertz CT molecular complexity index is 1310. The molecule has 8 nitrogen and oxygen atoms in total. The smallest absolute Gasteiger partial charge is 0.283 e. The van der Waals surface area contributed by atoms with Gasteiger partial charge in [0.05, 0.1) is 18.0 Å². The average molecular weight is 491 g/mol. The predicted octanol–water partition coefficient (Wildman–Crippen LogP) is 5.11. The standard InChI is InChI=1S/C26H26N4O4S/c1-15-10-16(2)12-20(11-15)30-25(32)22(14-19-6-8-21(33-5)9-7-19)27-26(30)35-18(4)24(31)28-23-13-17(3)34-29-23/h6-14,18H,1-5H3,(H,28,29,31)/b22-14-. The average Bonchev–Trinajstić information content (AvgIpc) is 3.35. The number of thioether (sulfide) groups is 1. The summed E-state index contributed by atoms with van der Waals surface area (Å²) in [5.74, 6) is 1.14. The lowest BCUT2D eigenvalue weighted by Gasteiger charge is -2.20. The molecule has 0 saturated heterocycles. The Labute approximate surface area is 208 Å². The summed E-state index contributed by atoms with van der Waals surface area (Å²) in [6.45, 7) is 7.46. The van der Waals surface area contributed by atoms with Gasteiger partial charge >= 0.3 is 0 Å². The van der Waals surface area contributed by atoms with Crippen LogP contribution < -0.4 is 15.0 Å². The number of rotatable bonds is 6. The van der Waals surface area contributed by atoms with Gasteiger partial charge in [-0.25, -0.2) is 4.99 Å². The molecule has 1 unspecified atom stereocenters. The molecule has 1 aliphatic heterocycles. The lowest BCUT2D eigenvalue weighted by Crippen LogP contribution is -2.33. The van der Waals surface area contributed by atoms with Crippen LogP contribution in [0, 0.1) is 20.8 Å². The van der Waals surface area contributed by atoms with Crippen molar-refractivity contribution in [3.8, 4) is 5.75 Å². The van der Waals surface area contributed by atoms with Gasteiger partial charge in [-0.05, 0) is 74.7 Å². The Kier molecular flexibility index (Phi) is 7.07. The molecule has 1 aliphatic rings. The molecule has 1 N–H and O–H groups in total. The Hall–Kier alpha value is -3.85. The third kappa shape index (κ3) is 5.63. The molecule has 35 heavy (non-hydrogen) atoms. The van der Waals surface area contributed by atoms with Crippen LogP contribution in [0.5, 0.6) is 5.75 Å². The summed E-state index contributed by atoms with van der Waals surface area (Å²) in [5.41, 5.74) is 3.86. The van der Waals surface area contributed by atoms with Crippen LogP contribution in [0.2, 0.25) is 0 Å². The first kappa shape index (κ1) is 24.3. The van der Waals surface area contributed by atoms with E-state index in [1.807, 2.05) is 56.3 Å². The maximum atomic E-state index is 13.5. The first-order valence-corrected chi connectivity index (χ1v) is 11.9. The number of carbonyl (C=O) groups is 2. The van der Waals surface area contributed by atoms with Gasteiger partial charge in [-0.15, -0.1) is 0 Å². The third-order valence-corrected chi connectivity index (χ3v) is 6.30. The summed E-state index contributed by atoms with van der Waals surface area (Å²) >= 11 is 1.20. The number of anilines is 2. The minimum atomic E-state index is -0.549. The normalized spacial score (nSPS) is 15.3. The van der Waals surface area contributed by atoms with Crippen molar-refractivity contribution in [3.05, 3.63) is 76.7 Å². The van der Waals surface area contributed by atoms with Crippen molar-refractivity contribution < 1.29 is 18.8 Å². The van der Waals surface area contributed by atoms with Crippen LogP contribution in [0.15, 0.2) is 63.7 Å². The van der Waals surface area contributed by atoms with E-state index in [4.69, 9.17) is 9.26 Å². The van der Waals surface area contributed by atoms with Crippen molar-refractivity contribution >= 4 is 46.3 Å². The predicted molar refractivity (Wildman–Crippen MR) is 139 cm³/mol. The molecule has 0 spiro atoms. The minimum Gasteiger partial charge on any atom is -0.497 e. The van der Waals surface area contributed by atoms with Gasteiger partial charge in [0.15, 0.2) is 11.0 Å². The highest BCUT2D eigenvalue weighted by atomic mass is 32.2. The zero-order valence-electron chi connectivity index (χ0n) is 20.2. The maximum absolute atomic E-state index is 13.5. The number of aliphatic imine (C=N–C) groups is 1. The van der Waals surface area contributed by atoms with Gasteiger partial charge in [0, 0.05) is 6.07 Å². The summed E-state index contributed by atoms with van der Waals surface area (Å²) < 4.78 is 10.2. The monoisotopic (exact) mass is 490 g/mol. The molecule has 9 heteroatoms. The third-order valence-electron chi connectivity index (χ3n) is 5.24. The molecule has 2 aromatic carbocycles. The largest absolute Gasteiger partial charge is 0.497 e. The fourth-order valence-corrected chi connectivity index (χ4v) is 4.53. The van der Waals surface area contributed by atoms with E-state index in [1.165, 1.54) is 11.8 Å². The number of aromatic nitrogens is 1. The lowest BCUT2D eigenvalue weighted by atomic mass is 10.1. The number of nitrogens with one attached hydrogen (secondary N) is 1. The van der Waals surface area contributed by atoms with E-state index >= 15 is 0 Å². The zero-order valence-corrected chi connectivity index (χ0v) is 21.0. The molecule has 180 valence electrons. The van der Waals surface area contributed by atoms with Gasteiger partial charge in [0.25, 0.3) is 5.91 Å². The van der Waals surface area contributed by atoms with Crippen LogP contribution in [-0.4, -0.2) is 34.5 Å². The van der Waals surface area contributed by atoms with E-state index in [1.54, 1.807) is 38.0 Å². The van der Waals surface area contributed by atoms with Crippen LogP contribution in [0.25, 0.3) is 6.08 Å². The topological polar surface area (TPSA) is 97.0 Å². The summed E-state index contributed by atoms with van der Waals surface area (Å²) in [6, 6.07) is 14.9. The SMILES string of the molecule is COc1ccc(/C=C2\N=C(SC(C)C(=O)Nc3cc(C)on3)N(c3cc(C)cc(C)c3)C2=O)cc1. The van der Waals surface area contributed by atoms with Crippen LogP contribution >= 0.6 is 11.8 Å². The molecule has 3 aromatic rings. The summed E-state index contributed by atoms with van der Waals surface area (Å²) in [4.78, 5) is 32.5. The quantitative estimate of drug-likeness (QED) is 0.482. The Morgan fingerprint density at radius 2 is 1.80 bits per heavy atom. The van der Waals surface area contributed by atoms with Crippen LogP contribution in [0.4, 0.5) is 11.5 Å². The Morgan fingerprint density at radius 1 is 1.11 bits per heavy atom. The number of aryl methyl sites for hydroxylation is 3. The Balaban J connectivity index is 1.64. The number of nitrogens with zero attached hydrogens (tertiary/aromatic N) is 3. The molecule has 2 heterocycles. The molecule has 4 rings (SSSR count). The molecule has 0 fully saturated rings. The summed E-state index contributed by atoms with van der Waals surface area (Å²) in [5, 5.41) is 6.42. The van der Waals surface area contributed by atoms with Gasteiger partial charge in [-0.1, -0.05) is 35.1 Å². The fraction of sp³-hybridized carbons (Fsp3) is 0.231. The van der Waals surface area contributed by atoms with Gasteiger partial charge in [-0.2, -0.15) is 0 Å². The molecular formula is C26H26N4O4S. The molecule has 1 atom stereocenters. The summed E-state index contributed by atoms with van der Waals surface area (Å²) in [7, 11) is 1.60. The molecule has 0 radical (unpaired) electrons. The molecule has 0 bridgehead atoms. The van der Waals surface area contributed by atoms with Gasteiger partial charge < -0.3 is 14.6 Å². The minimum absolute atomic E-state index is 0.256. The fourth-order valence-electron chi connectivity index (χ4n) is 3.61. The molecule has 1 aromatic heterocycles. The van der Waals surface area contributed by atoms with E-state index in [9.17, 15) is 9.59 Å². The van der Waals surface area contributed by atoms with Crippen LogP contribution in [0.1, 0.15) is 29.4 Å². The number of hydrogen-bond donors (Lipinski definition) is 1. The van der Waals surface area contributed by atoms with Crippen molar-refractivity contribution in [1.82, 2.24) is 5.16 Å². The number of benzene rings is 2. The van der Waals surface area contributed by atoms with Crippen molar-refractivity contribution in [2.24, 2.45) is 4.99 Å². The van der Waals surface area contributed by atoms with Gasteiger partial charge in [-0.3, -0.25) is 14.5 Å². The molecule has 0 aliphatic carbocycles. The van der Waals surface area contributed by atoms with Crippen LogP contribution in [-0.2, 0) is 9.59 Å². The highest BCUT2D eigenvalue weighted by Crippen LogP contribution is 2.32. The molecule has 2 amide bonds. The lowest BCUT2D eigenvalue weighted by molar-refractivity contribution is -0.115. The molecule has 0 saturated carbocycles. The van der Waals surface area contributed by atoms with Crippen molar-refractivity contribution in [3.63, 3.8) is 0 Å².